The van der Waals surface area contributed by atoms with E-state index in [9.17, 15) is 23.1 Å². The fraction of sp³-hybridized carbons (Fsp3) is 0.357. The fourth-order valence-corrected chi connectivity index (χ4v) is 2.55. The Bertz CT molecular complexity index is 636. The Labute approximate surface area is 128 Å². The van der Waals surface area contributed by atoms with E-state index in [4.69, 9.17) is 4.42 Å². The topological polar surface area (TPSA) is 62.5 Å². The largest absolute Gasteiger partial charge is 0.463 e. The molecule has 0 spiro atoms. The van der Waals surface area contributed by atoms with Crippen LogP contribution in [0.2, 0.25) is 0 Å². The number of carbonyl (C=O) groups is 1. The number of alkyl halides is 3. The van der Waals surface area contributed by atoms with E-state index < -0.39 is 29.9 Å². The summed E-state index contributed by atoms with van der Waals surface area (Å²) in [4.78, 5) is 11.7. The summed E-state index contributed by atoms with van der Waals surface area (Å²) in [5.74, 6) is -0.802. The SMILES string of the molecule is Cc1ccc(C(O)(CCNC(=O)c2ccsc2)C(F)(F)F)o1. The molecule has 0 radical (unpaired) electrons. The molecule has 2 aromatic rings. The number of hydrogen-bond donors (Lipinski definition) is 2. The number of thiophene rings is 1. The molecule has 2 rings (SSSR count). The highest BCUT2D eigenvalue weighted by Gasteiger charge is 2.56. The quantitative estimate of drug-likeness (QED) is 0.883. The van der Waals surface area contributed by atoms with Gasteiger partial charge in [0.05, 0.1) is 0 Å². The van der Waals surface area contributed by atoms with Crippen LogP contribution in [0.3, 0.4) is 0 Å². The van der Waals surface area contributed by atoms with Crippen molar-refractivity contribution in [2.45, 2.75) is 25.1 Å². The first-order valence-corrected chi connectivity index (χ1v) is 7.35. The number of halogens is 3. The molecule has 8 heteroatoms. The predicted octanol–water partition coefficient (Wildman–Crippen LogP) is 3.22. The number of hydrogen-bond acceptors (Lipinski definition) is 4. The highest BCUT2D eigenvalue weighted by atomic mass is 32.1. The molecule has 2 N–H and O–H groups in total. The molecule has 2 heterocycles. The minimum absolute atomic E-state index is 0.264. The maximum atomic E-state index is 13.2. The third-order valence-corrected chi connectivity index (χ3v) is 3.86. The second kappa shape index (κ2) is 6.13. The Morgan fingerprint density at radius 2 is 2.09 bits per heavy atom. The monoisotopic (exact) mass is 333 g/mol. The van der Waals surface area contributed by atoms with Crippen LogP contribution in [0, 0.1) is 6.92 Å². The minimum Gasteiger partial charge on any atom is -0.463 e. The van der Waals surface area contributed by atoms with E-state index in [2.05, 4.69) is 5.32 Å². The van der Waals surface area contributed by atoms with Gasteiger partial charge in [0.25, 0.3) is 5.91 Å². The maximum absolute atomic E-state index is 13.2. The first-order chi connectivity index (χ1) is 10.2. The number of furan rings is 1. The van der Waals surface area contributed by atoms with Crippen molar-refractivity contribution in [2.24, 2.45) is 0 Å². The first-order valence-electron chi connectivity index (χ1n) is 6.40. The van der Waals surface area contributed by atoms with Gasteiger partial charge >= 0.3 is 6.18 Å². The van der Waals surface area contributed by atoms with Gasteiger partial charge < -0.3 is 14.8 Å². The second-order valence-corrected chi connectivity index (χ2v) is 5.57. The van der Waals surface area contributed by atoms with E-state index in [1.54, 1.807) is 16.8 Å². The summed E-state index contributed by atoms with van der Waals surface area (Å²) in [6, 6.07) is 3.99. The van der Waals surface area contributed by atoms with Gasteiger partial charge in [-0.05, 0) is 30.5 Å². The lowest BCUT2D eigenvalue weighted by Crippen LogP contribution is -2.44. The Balaban J connectivity index is 2.07. The summed E-state index contributed by atoms with van der Waals surface area (Å²) >= 11 is 1.31. The van der Waals surface area contributed by atoms with Crippen LogP contribution in [-0.4, -0.2) is 23.7 Å². The van der Waals surface area contributed by atoms with Gasteiger partial charge in [0, 0.05) is 23.9 Å². The van der Waals surface area contributed by atoms with E-state index in [0.717, 1.165) is 6.07 Å². The van der Waals surface area contributed by atoms with Gasteiger partial charge in [0.2, 0.25) is 5.60 Å². The third kappa shape index (κ3) is 3.33. The van der Waals surface area contributed by atoms with Crippen LogP contribution in [0.5, 0.6) is 0 Å². The highest BCUT2D eigenvalue weighted by molar-refractivity contribution is 7.08. The van der Waals surface area contributed by atoms with E-state index >= 15 is 0 Å². The lowest BCUT2D eigenvalue weighted by molar-refractivity contribution is -0.274. The molecule has 2 aromatic heterocycles. The van der Waals surface area contributed by atoms with Crippen molar-refractivity contribution in [2.75, 3.05) is 6.54 Å². The Morgan fingerprint density at radius 3 is 2.59 bits per heavy atom. The molecule has 0 saturated carbocycles. The van der Waals surface area contributed by atoms with Crippen LogP contribution in [0.25, 0.3) is 0 Å². The molecular formula is C14H14F3NO3S. The van der Waals surface area contributed by atoms with Crippen molar-refractivity contribution in [1.29, 1.82) is 0 Å². The Morgan fingerprint density at radius 1 is 1.36 bits per heavy atom. The van der Waals surface area contributed by atoms with Gasteiger partial charge in [0.1, 0.15) is 11.5 Å². The van der Waals surface area contributed by atoms with Gasteiger partial charge in [-0.1, -0.05) is 0 Å². The van der Waals surface area contributed by atoms with E-state index in [1.165, 1.54) is 24.3 Å². The van der Waals surface area contributed by atoms with E-state index in [1.807, 2.05) is 0 Å². The van der Waals surface area contributed by atoms with Gasteiger partial charge in [-0.15, -0.1) is 0 Å². The molecule has 1 unspecified atom stereocenters. The third-order valence-electron chi connectivity index (χ3n) is 3.17. The average Bonchev–Trinajstić information content (AvgIpc) is 3.07. The minimum atomic E-state index is -4.91. The van der Waals surface area contributed by atoms with Crippen molar-refractivity contribution < 1.29 is 27.5 Å². The van der Waals surface area contributed by atoms with E-state index in [-0.39, 0.29) is 12.3 Å². The molecule has 0 bridgehead atoms. The molecule has 1 amide bonds. The van der Waals surface area contributed by atoms with Crippen molar-refractivity contribution in [3.63, 3.8) is 0 Å². The first kappa shape index (κ1) is 16.6. The van der Waals surface area contributed by atoms with Crippen LogP contribution >= 0.6 is 11.3 Å². The molecule has 120 valence electrons. The number of carbonyl (C=O) groups excluding carboxylic acids is 1. The number of rotatable bonds is 5. The molecular weight excluding hydrogens is 319 g/mol. The molecule has 1 atom stereocenters. The summed E-state index contributed by atoms with van der Waals surface area (Å²) in [6.07, 6.45) is -5.65. The van der Waals surface area contributed by atoms with Crippen LogP contribution < -0.4 is 5.32 Å². The molecule has 4 nitrogen and oxygen atoms in total. The van der Waals surface area contributed by atoms with Crippen molar-refractivity contribution in [3.8, 4) is 0 Å². The molecule has 22 heavy (non-hydrogen) atoms. The number of amides is 1. The zero-order valence-electron chi connectivity index (χ0n) is 11.6. The average molecular weight is 333 g/mol. The summed E-state index contributed by atoms with van der Waals surface area (Å²) in [5, 5.41) is 15.6. The summed E-state index contributed by atoms with van der Waals surface area (Å²) in [5.41, 5.74) is -2.77. The van der Waals surface area contributed by atoms with Gasteiger partial charge in [-0.25, -0.2) is 0 Å². The smallest absolute Gasteiger partial charge is 0.424 e. The fourth-order valence-electron chi connectivity index (χ4n) is 1.91. The molecule has 0 aliphatic carbocycles. The predicted molar refractivity (Wildman–Crippen MR) is 74.7 cm³/mol. The number of aliphatic hydroxyl groups is 1. The van der Waals surface area contributed by atoms with Gasteiger partial charge in [0.15, 0.2) is 0 Å². The Hall–Kier alpha value is -1.80. The normalized spacial score (nSPS) is 14.6. The zero-order valence-corrected chi connectivity index (χ0v) is 12.4. The lowest BCUT2D eigenvalue weighted by Gasteiger charge is -2.28. The Kier molecular flexibility index (Phi) is 4.62. The maximum Gasteiger partial charge on any atom is 0.424 e. The second-order valence-electron chi connectivity index (χ2n) is 4.79. The molecule has 0 fully saturated rings. The van der Waals surface area contributed by atoms with Gasteiger partial charge in [-0.2, -0.15) is 24.5 Å². The zero-order chi connectivity index (χ0) is 16.4. The van der Waals surface area contributed by atoms with Crippen LogP contribution in [-0.2, 0) is 5.60 Å². The molecule has 0 saturated heterocycles. The number of aryl methyl sites for hydroxylation is 1. The van der Waals surface area contributed by atoms with E-state index in [0.29, 0.717) is 5.56 Å². The van der Waals surface area contributed by atoms with Crippen LogP contribution in [0.1, 0.15) is 28.3 Å². The van der Waals surface area contributed by atoms with Crippen LogP contribution in [0.4, 0.5) is 13.2 Å². The summed E-state index contributed by atoms with van der Waals surface area (Å²) in [7, 11) is 0. The van der Waals surface area contributed by atoms with Crippen molar-refractivity contribution >= 4 is 17.2 Å². The lowest BCUT2D eigenvalue weighted by atomic mass is 9.95. The number of nitrogens with one attached hydrogen (secondary N) is 1. The summed E-state index contributed by atoms with van der Waals surface area (Å²) in [6.45, 7) is 1.14. The molecule has 0 aliphatic heterocycles. The van der Waals surface area contributed by atoms with Gasteiger partial charge in [-0.3, -0.25) is 4.79 Å². The highest BCUT2D eigenvalue weighted by Crippen LogP contribution is 2.42. The molecule has 0 aliphatic rings. The molecule has 0 aromatic carbocycles. The van der Waals surface area contributed by atoms with Crippen molar-refractivity contribution in [3.05, 3.63) is 46.0 Å². The standard InChI is InChI=1S/C14H14F3NO3S/c1-9-2-3-11(21-9)13(20,14(15,16)17)5-6-18-12(19)10-4-7-22-8-10/h2-4,7-8,20H,5-6H2,1H3,(H,18,19). The van der Waals surface area contributed by atoms with Crippen molar-refractivity contribution in [1.82, 2.24) is 5.32 Å². The summed E-state index contributed by atoms with van der Waals surface area (Å²) < 4.78 is 44.5. The van der Waals surface area contributed by atoms with Crippen LogP contribution in [0.15, 0.2) is 33.4 Å².